The van der Waals surface area contributed by atoms with Gasteiger partial charge >= 0.3 is 5.97 Å². The normalized spacial score (nSPS) is 24.2. The van der Waals surface area contributed by atoms with Gasteiger partial charge < -0.3 is 15.7 Å². The number of carboxylic acids is 1. The predicted molar refractivity (Wildman–Crippen MR) is 93.3 cm³/mol. The Bertz CT molecular complexity index is 694. The average Bonchev–Trinajstić information content (AvgIpc) is 3.33. The summed E-state index contributed by atoms with van der Waals surface area (Å²) >= 11 is 0. The highest BCUT2D eigenvalue weighted by Crippen LogP contribution is 2.38. The SMILES string of the molecule is C[C@@H]1C[C@@H]1C(=O)Nc1cccc(C(=O)NC2(C(=O)O)CCCCC2)c1. The Labute approximate surface area is 147 Å². The molecule has 3 rings (SSSR count). The number of nitrogens with one attached hydrogen (secondary N) is 2. The highest BCUT2D eigenvalue weighted by atomic mass is 16.4. The van der Waals surface area contributed by atoms with Crippen LogP contribution in [0.1, 0.15) is 55.8 Å². The molecule has 0 bridgehead atoms. The van der Waals surface area contributed by atoms with E-state index in [1.54, 1.807) is 24.3 Å². The highest BCUT2D eigenvalue weighted by molar-refractivity contribution is 6.00. The number of anilines is 1. The van der Waals surface area contributed by atoms with Gasteiger partial charge in [-0.2, -0.15) is 0 Å². The molecule has 134 valence electrons. The zero-order valence-electron chi connectivity index (χ0n) is 14.4. The van der Waals surface area contributed by atoms with E-state index in [2.05, 4.69) is 10.6 Å². The summed E-state index contributed by atoms with van der Waals surface area (Å²) in [6, 6.07) is 6.65. The number of benzene rings is 1. The fourth-order valence-corrected chi connectivity index (χ4v) is 3.50. The molecule has 2 saturated carbocycles. The van der Waals surface area contributed by atoms with Crippen LogP contribution in [0.25, 0.3) is 0 Å². The van der Waals surface area contributed by atoms with Crippen molar-refractivity contribution in [3.63, 3.8) is 0 Å². The molecule has 2 aliphatic rings. The van der Waals surface area contributed by atoms with Crippen molar-refractivity contribution in [3.8, 4) is 0 Å². The number of carboxylic acid groups (broad SMARTS) is 1. The van der Waals surface area contributed by atoms with Gasteiger partial charge in [0.05, 0.1) is 0 Å². The third kappa shape index (κ3) is 3.83. The molecule has 0 heterocycles. The molecule has 0 aromatic heterocycles. The number of rotatable bonds is 5. The summed E-state index contributed by atoms with van der Waals surface area (Å²) in [4.78, 5) is 36.3. The van der Waals surface area contributed by atoms with Crippen LogP contribution in [-0.4, -0.2) is 28.4 Å². The summed E-state index contributed by atoms with van der Waals surface area (Å²) < 4.78 is 0. The zero-order chi connectivity index (χ0) is 18.0. The maximum absolute atomic E-state index is 12.6. The minimum atomic E-state index is -1.18. The summed E-state index contributed by atoms with van der Waals surface area (Å²) in [6.07, 6.45) is 4.37. The van der Waals surface area contributed by atoms with Crippen LogP contribution in [-0.2, 0) is 9.59 Å². The molecule has 0 radical (unpaired) electrons. The van der Waals surface area contributed by atoms with Crippen molar-refractivity contribution in [2.45, 2.75) is 51.0 Å². The fraction of sp³-hybridized carbons (Fsp3) is 0.526. The van der Waals surface area contributed by atoms with Gasteiger partial charge in [-0.3, -0.25) is 9.59 Å². The molecule has 0 unspecified atom stereocenters. The van der Waals surface area contributed by atoms with Gasteiger partial charge in [0.1, 0.15) is 5.54 Å². The van der Waals surface area contributed by atoms with Gasteiger partial charge in [0.15, 0.2) is 0 Å². The summed E-state index contributed by atoms with van der Waals surface area (Å²) in [7, 11) is 0. The lowest BCUT2D eigenvalue weighted by Gasteiger charge is -2.34. The molecule has 0 aliphatic heterocycles. The molecule has 2 aliphatic carbocycles. The van der Waals surface area contributed by atoms with E-state index >= 15 is 0 Å². The van der Waals surface area contributed by atoms with Crippen molar-refractivity contribution < 1.29 is 19.5 Å². The van der Waals surface area contributed by atoms with Crippen molar-refractivity contribution >= 4 is 23.5 Å². The van der Waals surface area contributed by atoms with Gasteiger partial charge in [-0.05, 0) is 43.4 Å². The van der Waals surface area contributed by atoms with Crippen LogP contribution in [0.3, 0.4) is 0 Å². The first-order chi connectivity index (χ1) is 11.9. The first-order valence-corrected chi connectivity index (χ1v) is 8.88. The average molecular weight is 344 g/mol. The summed E-state index contributed by atoms with van der Waals surface area (Å²) in [5.74, 6) is -0.963. The molecule has 2 atom stereocenters. The second-order valence-electron chi connectivity index (χ2n) is 7.29. The van der Waals surface area contributed by atoms with E-state index < -0.39 is 17.4 Å². The van der Waals surface area contributed by atoms with E-state index in [4.69, 9.17) is 0 Å². The van der Waals surface area contributed by atoms with Gasteiger partial charge in [0, 0.05) is 17.2 Å². The number of carbonyl (C=O) groups excluding carboxylic acids is 2. The van der Waals surface area contributed by atoms with Crippen molar-refractivity contribution in [1.82, 2.24) is 5.32 Å². The molecule has 0 saturated heterocycles. The van der Waals surface area contributed by atoms with Crippen molar-refractivity contribution in [2.24, 2.45) is 11.8 Å². The Morgan fingerprint density at radius 3 is 2.44 bits per heavy atom. The lowest BCUT2D eigenvalue weighted by atomic mass is 9.81. The number of amides is 2. The second-order valence-corrected chi connectivity index (χ2v) is 7.29. The van der Waals surface area contributed by atoms with Crippen LogP contribution >= 0.6 is 0 Å². The van der Waals surface area contributed by atoms with E-state index in [1.807, 2.05) is 6.92 Å². The molecule has 2 fully saturated rings. The summed E-state index contributed by atoms with van der Waals surface area (Å²) in [5, 5.41) is 15.1. The fourth-order valence-electron chi connectivity index (χ4n) is 3.50. The standard InChI is InChI=1S/C19H24N2O4/c1-12-10-15(12)17(23)20-14-7-5-6-13(11-14)16(22)21-19(18(24)25)8-3-2-4-9-19/h5-7,11-12,15H,2-4,8-10H2,1H3,(H,20,23)(H,21,22)(H,24,25)/t12-,15+/m1/s1. The number of hydrogen-bond acceptors (Lipinski definition) is 3. The Kier molecular flexibility index (Phi) is 4.79. The lowest BCUT2D eigenvalue weighted by Crippen LogP contribution is -2.55. The Morgan fingerprint density at radius 1 is 1.16 bits per heavy atom. The smallest absolute Gasteiger partial charge is 0.329 e. The summed E-state index contributed by atoms with van der Waals surface area (Å²) in [6.45, 7) is 2.03. The lowest BCUT2D eigenvalue weighted by molar-refractivity contribution is -0.145. The topological polar surface area (TPSA) is 95.5 Å². The van der Waals surface area contributed by atoms with E-state index in [0.717, 1.165) is 25.7 Å². The third-order valence-corrected chi connectivity index (χ3v) is 5.31. The van der Waals surface area contributed by atoms with Crippen LogP contribution < -0.4 is 10.6 Å². The number of carbonyl (C=O) groups is 3. The molecular formula is C19H24N2O4. The maximum atomic E-state index is 12.6. The van der Waals surface area contributed by atoms with Gasteiger partial charge in [-0.1, -0.05) is 32.3 Å². The monoisotopic (exact) mass is 344 g/mol. The van der Waals surface area contributed by atoms with Gasteiger partial charge in [-0.15, -0.1) is 0 Å². The largest absolute Gasteiger partial charge is 0.480 e. The van der Waals surface area contributed by atoms with Crippen LogP contribution in [0.4, 0.5) is 5.69 Å². The molecule has 3 N–H and O–H groups in total. The molecule has 25 heavy (non-hydrogen) atoms. The molecule has 6 nitrogen and oxygen atoms in total. The zero-order valence-corrected chi connectivity index (χ0v) is 14.4. The molecule has 1 aromatic rings. The Morgan fingerprint density at radius 2 is 1.84 bits per heavy atom. The molecular weight excluding hydrogens is 320 g/mol. The van der Waals surface area contributed by atoms with Gasteiger partial charge in [0.2, 0.25) is 5.91 Å². The molecule has 6 heteroatoms. The molecule has 0 spiro atoms. The van der Waals surface area contributed by atoms with Crippen molar-refractivity contribution in [3.05, 3.63) is 29.8 Å². The maximum Gasteiger partial charge on any atom is 0.329 e. The predicted octanol–water partition coefficient (Wildman–Crippen LogP) is 2.80. The van der Waals surface area contributed by atoms with Crippen LogP contribution in [0.2, 0.25) is 0 Å². The van der Waals surface area contributed by atoms with Crippen molar-refractivity contribution in [2.75, 3.05) is 5.32 Å². The molecule has 2 amide bonds. The minimum absolute atomic E-state index is 0.0284. The first kappa shape index (κ1) is 17.5. The van der Waals surface area contributed by atoms with Crippen LogP contribution in [0, 0.1) is 11.8 Å². The first-order valence-electron chi connectivity index (χ1n) is 8.88. The number of aliphatic carboxylic acids is 1. The number of hydrogen-bond donors (Lipinski definition) is 3. The van der Waals surface area contributed by atoms with E-state index in [9.17, 15) is 19.5 Å². The van der Waals surface area contributed by atoms with Gasteiger partial charge in [-0.25, -0.2) is 4.79 Å². The molecule has 1 aromatic carbocycles. The van der Waals surface area contributed by atoms with Crippen LogP contribution in [0.5, 0.6) is 0 Å². The van der Waals surface area contributed by atoms with E-state index in [1.165, 1.54) is 0 Å². The Hall–Kier alpha value is -2.37. The minimum Gasteiger partial charge on any atom is -0.480 e. The summed E-state index contributed by atoms with van der Waals surface area (Å²) in [5.41, 5.74) is -0.268. The highest BCUT2D eigenvalue weighted by Gasteiger charge is 2.41. The quantitative estimate of drug-likeness (QED) is 0.765. The van der Waals surface area contributed by atoms with Gasteiger partial charge in [0.25, 0.3) is 5.91 Å². The Balaban J connectivity index is 1.70. The van der Waals surface area contributed by atoms with Crippen molar-refractivity contribution in [1.29, 1.82) is 0 Å². The van der Waals surface area contributed by atoms with Crippen LogP contribution in [0.15, 0.2) is 24.3 Å². The van der Waals surface area contributed by atoms with E-state index in [-0.39, 0.29) is 11.8 Å². The third-order valence-electron chi connectivity index (χ3n) is 5.31. The van der Waals surface area contributed by atoms with E-state index in [0.29, 0.717) is 30.0 Å². The second kappa shape index (κ2) is 6.86.